The van der Waals surface area contributed by atoms with Gasteiger partial charge >= 0.3 is 0 Å². The van der Waals surface area contributed by atoms with E-state index in [1.165, 1.54) is 6.20 Å². The lowest BCUT2D eigenvalue weighted by Crippen LogP contribution is -2.45. The molecule has 0 radical (unpaired) electrons. The van der Waals surface area contributed by atoms with Crippen molar-refractivity contribution in [2.45, 2.75) is 33.4 Å². The molecule has 2 rings (SSSR count). The van der Waals surface area contributed by atoms with Crippen LogP contribution in [-0.4, -0.2) is 11.5 Å². The molecule has 1 saturated carbocycles. The number of nitrogens with zero attached hydrogens (tertiary/aromatic N) is 1. The van der Waals surface area contributed by atoms with Gasteiger partial charge in [-0.25, -0.2) is 9.38 Å². The smallest absolute Gasteiger partial charge is 0.180 e. The fourth-order valence-electron chi connectivity index (χ4n) is 2.89. The van der Waals surface area contributed by atoms with Crippen LogP contribution in [0.1, 0.15) is 27.7 Å². The second-order valence-corrected chi connectivity index (χ2v) is 5.92. The molecule has 100 valence electrons. The highest BCUT2D eigenvalue weighted by molar-refractivity contribution is 5.95. The third kappa shape index (κ3) is 1.69. The summed E-state index contributed by atoms with van der Waals surface area (Å²) in [4.78, 5) is 4.22. The summed E-state index contributed by atoms with van der Waals surface area (Å²) >= 11 is 0. The number of hydrogen-bond acceptors (Lipinski definition) is 4. The Morgan fingerprint density at radius 3 is 2.44 bits per heavy atom. The quantitative estimate of drug-likeness (QED) is 0.698. The van der Waals surface area contributed by atoms with E-state index < -0.39 is 11.5 Å². The number of hydrogen-bond donors (Lipinski definition) is 3. The summed E-state index contributed by atoms with van der Waals surface area (Å²) in [6.45, 7) is 8.44. The molecule has 0 amide bonds. The van der Waals surface area contributed by atoms with Crippen LogP contribution in [0.15, 0.2) is 28.8 Å². The van der Waals surface area contributed by atoms with Gasteiger partial charge in [-0.3, -0.25) is 0 Å². The summed E-state index contributed by atoms with van der Waals surface area (Å²) in [5.74, 6) is 0.248. The SMILES string of the molecule is CC1C(/C(=C\N)C2(C)N=C(N)C(F)=CN2)C1(C)C. The van der Waals surface area contributed by atoms with Gasteiger partial charge in [0.15, 0.2) is 17.3 Å². The van der Waals surface area contributed by atoms with Crippen LogP contribution >= 0.6 is 0 Å². The zero-order valence-corrected chi connectivity index (χ0v) is 11.3. The number of nitrogens with two attached hydrogens (primary N) is 2. The van der Waals surface area contributed by atoms with Crippen molar-refractivity contribution in [3.05, 3.63) is 23.8 Å². The van der Waals surface area contributed by atoms with E-state index in [1.807, 2.05) is 6.92 Å². The Balaban J connectivity index is 2.32. The van der Waals surface area contributed by atoms with E-state index in [4.69, 9.17) is 11.5 Å². The molecule has 0 bridgehead atoms. The standard InChI is InChI=1S/C13H21FN4/c1-7-10(12(7,2)3)8(5-15)13(4)17-6-9(14)11(16)18-13/h5-7,10,17H,15H2,1-4H3,(H2,16,18)/b8-5+. The molecule has 1 aliphatic carbocycles. The molecule has 0 spiro atoms. The molecule has 5 heteroatoms. The van der Waals surface area contributed by atoms with Crippen molar-refractivity contribution >= 4 is 5.84 Å². The molecule has 0 aromatic carbocycles. The first-order valence-electron chi connectivity index (χ1n) is 6.15. The number of amidine groups is 1. The summed E-state index contributed by atoms with van der Waals surface area (Å²) in [6, 6.07) is 0. The van der Waals surface area contributed by atoms with Gasteiger partial charge in [0.05, 0.1) is 0 Å². The highest BCUT2D eigenvalue weighted by atomic mass is 19.1. The minimum atomic E-state index is -0.749. The Kier molecular flexibility index (Phi) is 2.68. The Bertz CT molecular complexity index is 464. The predicted octanol–water partition coefficient (Wildman–Crippen LogP) is 1.61. The van der Waals surface area contributed by atoms with Crippen molar-refractivity contribution in [2.75, 3.05) is 0 Å². The third-order valence-corrected chi connectivity index (χ3v) is 4.51. The highest BCUT2D eigenvalue weighted by Gasteiger charge is 2.59. The maximum atomic E-state index is 13.2. The Labute approximate surface area is 107 Å². The topological polar surface area (TPSA) is 76.4 Å². The first-order chi connectivity index (χ1) is 8.24. The van der Waals surface area contributed by atoms with E-state index >= 15 is 0 Å². The van der Waals surface area contributed by atoms with Crippen LogP contribution in [-0.2, 0) is 0 Å². The van der Waals surface area contributed by atoms with E-state index in [0.29, 0.717) is 11.8 Å². The molecule has 4 nitrogen and oxygen atoms in total. The summed E-state index contributed by atoms with van der Waals surface area (Å²) in [7, 11) is 0. The molecule has 3 unspecified atom stereocenters. The lowest BCUT2D eigenvalue weighted by Gasteiger charge is -2.32. The van der Waals surface area contributed by atoms with E-state index in [2.05, 4.69) is 31.1 Å². The zero-order valence-electron chi connectivity index (χ0n) is 11.3. The predicted molar refractivity (Wildman–Crippen MR) is 71.1 cm³/mol. The van der Waals surface area contributed by atoms with Gasteiger partial charge in [-0.1, -0.05) is 20.8 Å². The number of aliphatic imine (C=N–C) groups is 1. The summed E-state index contributed by atoms with van der Waals surface area (Å²) < 4.78 is 13.2. The van der Waals surface area contributed by atoms with Gasteiger partial charge in [-0.2, -0.15) is 0 Å². The van der Waals surface area contributed by atoms with Gasteiger partial charge in [-0.05, 0) is 35.9 Å². The maximum Gasteiger partial charge on any atom is 0.180 e. The van der Waals surface area contributed by atoms with Crippen molar-refractivity contribution in [3.8, 4) is 0 Å². The van der Waals surface area contributed by atoms with E-state index in [0.717, 1.165) is 5.57 Å². The second-order valence-electron chi connectivity index (χ2n) is 5.92. The van der Waals surface area contributed by atoms with Crippen LogP contribution in [0.2, 0.25) is 0 Å². The second kappa shape index (κ2) is 3.73. The molecule has 2 aliphatic rings. The molecule has 1 aliphatic heterocycles. The highest BCUT2D eigenvalue weighted by Crippen LogP contribution is 2.63. The van der Waals surface area contributed by atoms with Gasteiger partial charge in [0.25, 0.3) is 0 Å². The van der Waals surface area contributed by atoms with E-state index in [9.17, 15) is 4.39 Å². The fourth-order valence-corrected chi connectivity index (χ4v) is 2.89. The van der Waals surface area contributed by atoms with Crippen molar-refractivity contribution < 1.29 is 4.39 Å². The average molecular weight is 252 g/mol. The largest absolute Gasteiger partial charge is 0.404 e. The van der Waals surface area contributed by atoms with Crippen LogP contribution in [0.5, 0.6) is 0 Å². The molecular formula is C13H21FN4. The zero-order chi connectivity index (χ0) is 13.7. The molecule has 0 saturated heterocycles. The van der Waals surface area contributed by atoms with Crippen LogP contribution in [0, 0.1) is 17.3 Å². The van der Waals surface area contributed by atoms with Crippen LogP contribution in [0.25, 0.3) is 0 Å². The van der Waals surface area contributed by atoms with Crippen LogP contribution in [0.3, 0.4) is 0 Å². The van der Waals surface area contributed by atoms with Gasteiger partial charge in [-0.15, -0.1) is 0 Å². The van der Waals surface area contributed by atoms with E-state index in [1.54, 1.807) is 6.20 Å². The van der Waals surface area contributed by atoms with Crippen molar-refractivity contribution in [1.82, 2.24) is 5.32 Å². The monoisotopic (exact) mass is 252 g/mol. The minimum absolute atomic E-state index is 0.0818. The van der Waals surface area contributed by atoms with Crippen LogP contribution < -0.4 is 16.8 Å². The Hall–Kier alpha value is -1.52. The molecule has 3 atom stereocenters. The lowest BCUT2D eigenvalue weighted by atomic mass is 9.93. The molecule has 0 aromatic rings. The number of halogens is 1. The normalized spacial score (nSPS) is 38.6. The lowest BCUT2D eigenvalue weighted by molar-refractivity contribution is 0.432. The Morgan fingerprint density at radius 2 is 2.06 bits per heavy atom. The first-order valence-corrected chi connectivity index (χ1v) is 6.15. The molecule has 18 heavy (non-hydrogen) atoms. The summed E-state index contributed by atoms with van der Waals surface area (Å²) in [5.41, 5.74) is 11.7. The molecule has 1 heterocycles. The maximum absolute atomic E-state index is 13.2. The van der Waals surface area contributed by atoms with Gasteiger partial charge < -0.3 is 16.8 Å². The Morgan fingerprint density at radius 1 is 1.50 bits per heavy atom. The van der Waals surface area contributed by atoms with Gasteiger partial charge in [0, 0.05) is 6.20 Å². The van der Waals surface area contributed by atoms with Crippen molar-refractivity contribution in [2.24, 2.45) is 33.7 Å². The molecule has 5 N–H and O–H groups in total. The van der Waals surface area contributed by atoms with E-state index in [-0.39, 0.29) is 11.3 Å². The first kappa shape index (κ1) is 12.9. The molecule has 1 fully saturated rings. The van der Waals surface area contributed by atoms with Gasteiger partial charge in [0.1, 0.15) is 0 Å². The summed E-state index contributed by atoms with van der Waals surface area (Å²) in [5, 5.41) is 2.95. The minimum Gasteiger partial charge on any atom is -0.404 e. The van der Waals surface area contributed by atoms with Crippen molar-refractivity contribution in [1.29, 1.82) is 0 Å². The van der Waals surface area contributed by atoms with Crippen LogP contribution in [0.4, 0.5) is 4.39 Å². The summed E-state index contributed by atoms with van der Waals surface area (Å²) in [6.07, 6.45) is 2.84. The fraction of sp³-hybridized carbons (Fsp3) is 0.615. The molecular weight excluding hydrogens is 231 g/mol. The number of nitrogens with one attached hydrogen (secondary N) is 1. The van der Waals surface area contributed by atoms with Gasteiger partial charge in [0.2, 0.25) is 0 Å². The average Bonchev–Trinajstić information content (AvgIpc) is 2.76. The number of rotatable bonds is 2. The van der Waals surface area contributed by atoms with Crippen molar-refractivity contribution in [3.63, 3.8) is 0 Å². The molecule has 0 aromatic heterocycles. The third-order valence-electron chi connectivity index (χ3n) is 4.51.